The SMILES string of the molecule is Cc1ccc(C)n1-c1nnc(CC(C)C)s1. The van der Waals surface area contributed by atoms with Crippen molar-refractivity contribution in [2.45, 2.75) is 34.1 Å². The van der Waals surface area contributed by atoms with Gasteiger partial charge in [0.15, 0.2) is 0 Å². The van der Waals surface area contributed by atoms with E-state index in [2.05, 4.69) is 54.6 Å². The standard InChI is InChI=1S/C12H17N3S/c1-8(2)7-11-13-14-12(16-11)15-9(3)5-6-10(15)4/h5-6,8H,7H2,1-4H3. The van der Waals surface area contributed by atoms with Crippen LogP contribution in [0.25, 0.3) is 5.13 Å². The average molecular weight is 235 g/mol. The molecule has 0 spiro atoms. The molecule has 0 aromatic carbocycles. The lowest BCUT2D eigenvalue weighted by atomic mass is 10.1. The maximum Gasteiger partial charge on any atom is 0.216 e. The van der Waals surface area contributed by atoms with Gasteiger partial charge in [0.25, 0.3) is 0 Å². The first-order valence-electron chi connectivity index (χ1n) is 5.55. The van der Waals surface area contributed by atoms with Gasteiger partial charge in [-0.1, -0.05) is 25.2 Å². The molecule has 0 bridgehead atoms. The van der Waals surface area contributed by atoms with Gasteiger partial charge in [-0.15, -0.1) is 10.2 Å². The second kappa shape index (κ2) is 4.37. The number of hydrogen-bond acceptors (Lipinski definition) is 3. The number of rotatable bonds is 3. The van der Waals surface area contributed by atoms with E-state index >= 15 is 0 Å². The lowest BCUT2D eigenvalue weighted by molar-refractivity contribution is 0.639. The van der Waals surface area contributed by atoms with E-state index in [0.717, 1.165) is 16.6 Å². The zero-order chi connectivity index (χ0) is 11.7. The van der Waals surface area contributed by atoms with Gasteiger partial charge in [0.05, 0.1) is 0 Å². The fourth-order valence-corrected chi connectivity index (χ4v) is 2.91. The summed E-state index contributed by atoms with van der Waals surface area (Å²) in [6.45, 7) is 8.59. The molecule has 16 heavy (non-hydrogen) atoms. The van der Waals surface area contributed by atoms with Gasteiger partial charge >= 0.3 is 0 Å². The molecule has 0 aliphatic carbocycles. The first kappa shape index (κ1) is 11.3. The molecule has 3 nitrogen and oxygen atoms in total. The number of aromatic nitrogens is 3. The summed E-state index contributed by atoms with van der Waals surface area (Å²) in [5, 5.41) is 10.6. The summed E-state index contributed by atoms with van der Waals surface area (Å²) >= 11 is 1.69. The Balaban J connectivity index is 2.32. The lowest BCUT2D eigenvalue weighted by Crippen LogP contribution is -1.97. The minimum atomic E-state index is 0.632. The topological polar surface area (TPSA) is 30.7 Å². The van der Waals surface area contributed by atoms with Gasteiger partial charge in [0.1, 0.15) is 5.01 Å². The largest absolute Gasteiger partial charge is 0.293 e. The summed E-state index contributed by atoms with van der Waals surface area (Å²) in [7, 11) is 0. The number of nitrogens with zero attached hydrogens (tertiary/aromatic N) is 3. The third-order valence-electron chi connectivity index (χ3n) is 2.50. The van der Waals surface area contributed by atoms with Crippen molar-refractivity contribution in [3.8, 4) is 5.13 Å². The zero-order valence-electron chi connectivity index (χ0n) is 10.2. The van der Waals surface area contributed by atoms with Crippen molar-refractivity contribution in [2.24, 2.45) is 5.92 Å². The summed E-state index contributed by atoms with van der Waals surface area (Å²) in [6, 6.07) is 4.22. The van der Waals surface area contributed by atoms with Crippen LogP contribution in [0, 0.1) is 19.8 Å². The quantitative estimate of drug-likeness (QED) is 0.818. The molecule has 2 heterocycles. The van der Waals surface area contributed by atoms with Crippen molar-refractivity contribution in [2.75, 3.05) is 0 Å². The summed E-state index contributed by atoms with van der Waals surface area (Å²) in [5.41, 5.74) is 2.43. The molecule has 2 aromatic rings. The zero-order valence-corrected chi connectivity index (χ0v) is 11.0. The third-order valence-corrected chi connectivity index (χ3v) is 3.43. The van der Waals surface area contributed by atoms with E-state index < -0.39 is 0 Å². The van der Waals surface area contributed by atoms with Crippen LogP contribution in [0.5, 0.6) is 0 Å². The molecule has 0 aliphatic heterocycles. The summed E-state index contributed by atoms with van der Waals surface area (Å²) in [4.78, 5) is 0. The summed E-state index contributed by atoms with van der Waals surface area (Å²) < 4.78 is 2.15. The van der Waals surface area contributed by atoms with Crippen molar-refractivity contribution in [1.82, 2.24) is 14.8 Å². The monoisotopic (exact) mass is 235 g/mol. The molecule has 2 rings (SSSR count). The lowest BCUT2D eigenvalue weighted by Gasteiger charge is -2.02. The maximum atomic E-state index is 4.26. The molecule has 2 aromatic heterocycles. The molecule has 0 radical (unpaired) electrons. The second-order valence-corrected chi connectivity index (χ2v) is 5.57. The molecule has 0 fully saturated rings. The van der Waals surface area contributed by atoms with Crippen molar-refractivity contribution in [1.29, 1.82) is 0 Å². The van der Waals surface area contributed by atoms with E-state index in [1.54, 1.807) is 11.3 Å². The van der Waals surface area contributed by atoms with Gasteiger partial charge in [-0.05, 0) is 31.9 Å². The highest BCUT2D eigenvalue weighted by Crippen LogP contribution is 2.21. The fraction of sp³-hybridized carbons (Fsp3) is 0.500. The smallest absolute Gasteiger partial charge is 0.216 e. The average Bonchev–Trinajstić information content (AvgIpc) is 2.73. The van der Waals surface area contributed by atoms with Crippen LogP contribution >= 0.6 is 11.3 Å². The van der Waals surface area contributed by atoms with Gasteiger partial charge in [-0.2, -0.15) is 0 Å². The van der Waals surface area contributed by atoms with Gasteiger partial charge < -0.3 is 0 Å². The molecule has 0 aliphatic rings. The van der Waals surface area contributed by atoms with Crippen molar-refractivity contribution < 1.29 is 0 Å². The molecule has 0 amide bonds. The van der Waals surface area contributed by atoms with E-state index in [-0.39, 0.29) is 0 Å². The van der Waals surface area contributed by atoms with Crippen LogP contribution in [0.3, 0.4) is 0 Å². The van der Waals surface area contributed by atoms with Crippen LogP contribution in [0.1, 0.15) is 30.2 Å². The minimum Gasteiger partial charge on any atom is -0.293 e. The third kappa shape index (κ3) is 2.16. The van der Waals surface area contributed by atoms with Gasteiger partial charge in [0.2, 0.25) is 5.13 Å². The minimum absolute atomic E-state index is 0.632. The van der Waals surface area contributed by atoms with Crippen molar-refractivity contribution in [3.63, 3.8) is 0 Å². The number of hydrogen-bond donors (Lipinski definition) is 0. The van der Waals surface area contributed by atoms with Crippen LogP contribution in [0.4, 0.5) is 0 Å². The highest BCUT2D eigenvalue weighted by molar-refractivity contribution is 7.13. The molecule has 0 saturated carbocycles. The van der Waals surface area contributed by atoms with Crippen LogP contribution in [0.15, 0.2) is 12.1 Å². The first-order chi connectivity index (χ1) is 7.58. The van der Waals surface area contributed by atoms with Crippen LogP contribution in [0.2, 0.25) is 0 Å². The Morgan fingerprint density at radius 1 is 1.19 bits per heavy atom. The highest BCUT2D eigenvalue weighted by Gasteiger charge is 2.10. The Morgan fingerprint density at radius 3 is 2.38 bits per heavy atom. The molecule has 0 saturated heterocycles. The predicted molar refractivity (Wildman–Crippen MR) is 67.3 cm³/mol. The van der Waals surface area contributed by atoms with Crippen molar-refractivity contribution in [3.05, 3.63) is 28.5 Å². The number of aryl methyl sites for hydroxylation is 2. The molecular weight excluding hydrogens is 218 g/mol. The Morgan fingerprint density at radius 2 is 1.81 bits per heavy atom. The van der Waals surface area contributed by atoms with Gasteiger partial charge in [-0.3, -0.25) is 4.57 Å². The van der Waals surface area contributed by atoms with E-state index in [0.29, 0.717) is 5.92 Å². The van der Waals surface area contributed by atoms with E-state index in [1.807, 2.05) is 0 Å². The second-order valence-electron chi connectivity index (χ2n) is 4.53. The highest BCUT2D eigenvalue weighted by atomic mass is 32.1. The maximum absolute atomic E-state index is 4.26. The molecule has 0 N–H and O–H groups in total. The van der Waals surface area contributed by atoms with E-state index in [4.69, 9.17) is 0 Å². The Hall–Kier alpha value is -1.16. The molecule has 86 valence electrons. The first-order valence-corrected chi connectivity index (χ1v) is 6.37. The van der Waals surface area contributed by atoms with E-state index in [9.17, 15) is 0 Å². The van der Waals surface area contributed by atoms with Gasteiger partial charge in [0, 0.05) is 17.8 Å². The van der Waals surface area contributed by atoms with Crippen LogP contribution in [-0.4, -0.2) is 14.8 Å². The van der Waals surface area contributed by atoms with E-state index in [1.165, 1.54) is 11.4 Å². The molecule has 4 heteroatoms. The molecular formula is C12H17N3S. The molecule has 0 atom stereocenters. The molecule has 0 unspecified atom stereocenters. The Bertz CT molecular complexity index is 463. The van der Waals surface area contributed by atoms with Crippen LogP contribution < -0.4 is 0 Å². The normalized spacial score (nSPS) is 11.3. The van der Waals surface area contributed by atoms with Gasteiger partial charge in [-0.25, -0.2) is 0 Å². The Kier molecular flexibility index (Phi) is 3.10. The predicted octanol–water partition coefficient (Wildman–Crippen LogP) is 3.14. The van der Waals surface area contributed by atoms with Crippen LogP contribution in [-0.2, 0) is 6.42 Å². The summed E-state index contributed by atoms with van der Waals surface area (Å²) in [6.07, 6.45) is 1.01. The Labute approximate surface area is 100 Å². The fourth-order valence-electron chi connectivity index (χ4n) is 1.74. The summed E-state index contributed by atoms with van der Waals surface area (Å²) in [5.74, 6) is 0.632. The van der Waals surface area contributed by atoms with Crippen molar-refractivity contribution >= 4 is 11.3 Å².